The van der Waals surface area contributed by atoms with Crippen LogP contribution in [0, 0.1) is 0 Å². The molecule has 5 rings (SSSR count). The molecule has 0 saturated carbocycles. The Hall–Kier alpha value is -4.07. The molecule has 0 saturated heterocycles. The lowest BCUT2D eigenvalue weighted by Gasteiger charge is -2.10. The number of benzene rings is 4. The summed E-state index contributed by atoms with van der Waals surface area (Å²) in [4.78, 5) is 30.8. The number of fused-ring (bicyclic) bond motifs is 1. The topological polar surface area (TPSA) is 73.5 Å². The van der Waals surface area contributed by atoms with Crippen LogP contribution in [0.25, 0.3) is 22.3 Å². The third-order valence-electron chi connectivity index (χ3n) is 5.35. The summed E-state index contributed by atoms with van der Waals surface area (Å²) in [7, 11) is 0. The van der Waals surface area contributed by atoms with E-state index in [1.54, 1.807) is 60.7 Å². The monoisotopic (exact) mass is 557 g/mol. The maximum absolute atomic E-state index is 13.4. The van der Waals surface area contributed by atoms with Gasteiger partial charge in [-0.1, -0.05) is 70.0 Å². The third kappa shape index (κ3) is 4.98. The van der Waals surface area contributed by atoms with Crippen LogP contribution in [-0.2, 0) is 0 Å². The molecule has 4 aromatic carbocycles. The molecule has 0 radical (unpaired) electrons. The van der Waals surface area contributed by atoms with Gasteiger partial charge < -0.3 is 4.74 Å². The molecule has 0 aliphatic heterocycles. The van der Waals surface area contributed by atoms with E-state index < -0.39 is 5.97 Å². The Bertz CT molecular complexity index is 1670. The SMILES string of the molecule is O=C(Oc1ccc(Cl)cc1C=Nn1c(-c2ccccc2)nc2ccccc2c1=O)c1ccc(Br)cc1. The van der Waals surface area contributed by atoms with Crippen LogP contribution in [0.3, 0.4) is 0 Å². The number of hydrogen-bond donors (Lipinski definition) is 0. The molecule has 0 bridgehead atoms. The summed E-state index contributed by atoms with van der Waals surface area (Å²) in [6, 6.07) is 28.0. The van der Waals surface area contributed by atoms with Gasteiger partial charge in [0.1, 0.15) is 5.75 Å². The second-order valence-electron chi connectivity index (χ2n) is 7.76. The first-order valence-electron chi connectivity index (χ1n) is 10.9. The van der Waals surface area contributed by atoms with Crippen LogP contribution in [0.4, 0.5) is 0 Å². The quantitative estimate of drug-likeness (QED) is 0.139. The Balaban J connectivity index is 1.58. The lowest BCUT2D eigenvalue weighted by molar-refractivity contribution is 0.0734. The number of halogens is 2. The van der Waals surface area contributed by atoms with Gasteiger partial charge in [0.05, 0.1) is 22.7 Å². The number of rotatable bonds is 5. The normalized spacial score (nSPS) is 11.2. The predicted molar refractivity (Wildman–Crippen MR) is 145 cm³/mol. The zero-order valence-corrected chi connectivity index (χ0v) is 21.0. The van der Waals surface area contributed by atoms with Crippen LogP contribution in [0.5, 0.6) is 5.75 Å². The van der Waals surface area contributed by atoms with Crippen LogP contribution in [-0.4, -0.2) is 21.8 Å². The van der Waals surface area contributed by atoms with Crippen molar-refractivity contribution in [3.8, 4) is 17.1 Å². The largest absolute Gasteiger partial charge is 0.422 e. The number of ether oxygens (including phenoxy) is 1. The fourth-order valence-corrected chi connectivity index (χ4v) is 4.03. The summed E-state index contributed by atoms with van der Waals surface area (Å²) in [5, 5.41) is 5.31. The molecule has 0 atom stereocenters. The van der Waals surface area contributed by atoms with E-state index in [0.717, 1.165) is 10.0 Å². The molecule has 1 aromatic heterocycles. The lowest BCUT2D eigenvalue weighted by atomic mass is 10.2. The molecule has 8 heteroatoms. The maximum atomic E-state index is 13.4. The van der Waals surface area contributed by atoms with Gasteiger partial charge in [-0.15, -0.1) is 0 Å². The fraction of sp³-hybridized carbons (Fsp3) is 0. The van der Waals surface area contributed by atoms with E-state index in [4.69, 9.17) is 16.3 Å². The van der Waals surface area contributed by atoms with E-state index in [-0.39, 0.29) is 11.3 Å². The van der Waals surface area contributed by atoms with E-state index >= 15 is 0 Å². The van der Waals surface area contributed by atoms with Crippen LogP contribution in [0.2, 0.25) is 5.02 Å². The van der Waals surface area contributed by atoms with Gasteiger partial charge in [-0.25, -0.2) is 9.78 Å². The van der Waals surface area contributed by atoms with Gasteiger partial charge in [0.15, 0.2) is 5.82 Å². The van der Waals surface area contributed by atoms with Crippen molar-refractivity contribution in [1.82, 2.24) is 9.66 Å². The first kappa shape index (κ1) is 23.7. The van der Waals surface area contributed by atoms with Crippen molar-refractivity contribution in [2.24, 2.45) is 5.10 Å². The van der Waals surface area contributed by atoms with Gasteiger partial charge in [-0.2, -0.15) is 9.78 Å². The second kappa shape index (κ2) is 10.3. The predicted octanol–water partition coefficient (Wildman–Crippen LogP) is 6.58. The highest BCUT2D eigenvalue weighted by Gasteiger charge is 2.14. The van der Waals surface area contributed by atoms with Crippen LogP contribution in [0.1, 0.15) is 15.9 Å². The summed E-state index contributed by atoms with van der Waals surface area (Å²) < 4.78 is 7.71. The van der Waals surface area contributed by atoms with E-state index in [1.807, 2.05) is 36.4 Å². The molecule has 36 heavy (non-hydrogen) atoms. The Morgan fingerprint density at radius 2 is 1.67 bits per heavy atom. The third-order valence-corrected chi connectivity index (χ3v) is 6.12. The molecule has 5 aromatic rings. The minimum Gasteiger partial charge on any atom is -0.422 e. The van der Waals surface area contributed by atoms with E-state index in [1.165, 1.54) is 10.9 Å². The van der Waals surface area contributed by atoms with Crippen molar-refractivity contribution < 1.29 is 9.53 Å². The average molecular weight is 559 g/mol. The Labute approximate surface area is 219 Å². The van der Waals surface area contributed by atoms with E-state index in [2.05, 4.69) is 26.0 Å². The summed E-state index contributed by atoms with van der Waals surface area (Å²) in [6.07, 6.45) is 1.43. The van der Waals surface area contributed by atoms with Gasteiger partial charge in [0.25, 0.3) is 5.56 Å². The summed E-state index contributed by atoms with van der Waals surface area (Å²) in [5.74, 6) is 0.0964. The van der Waals surface area contributed by atoms with Gasteiger partial charge in [0.2, 0.25) is 0 Å². The second-order valence-corrected chi connectivity index (χ2v) is 9.11. The Morgan fingerprint density at radius 3 is 2.44 bits per heavy atom. The minimum atomic E-state index is -0.533. The number of carbonyl (C=O) groups is 1. The molecule has 0 fully saturated rings. The Kier molecular flexibility index (Phi) is 6.75. The molecule has 0 aliphatic rings. The molecular weight excluding hydrogens is 542 g/mol. The standard InChI is InChI=1S/C28H17BrClN3O3/c29-21-12-10-19(11-13-21)28(35)36-25-15-14-22(30)16-20(25)17-31-33-26(18-6-2-1-3-7-18)32-24-9-5-4-8-23(24)27(33)34/h1-17H. The number of para-hydroxylation sites is 1. The van der Waals surface area contributed by atoms with Gasteiger partial charge in [-0.05, 0) is 54.6 Å². The lowest BCUT2D eigenvalue weighted by Crippen LogP contribution is -2.20. The molecule has 6 nitrogen and oxygen atoms in total. The number of nitrogens with zero attached hydrogens (tertiary/aromatic N) is 3. The smallest absolute Gasteiger partial charge is 0.343 e. The highest BCUT2D eigenvalue weighted by atomic mass is 79.9. The summed E-state index contributed by atoms with van der Waals surface area (Å²) in [6.45, 7) is 0. The molecule has 0 aliphatic carbocycles. The molecule has 0 unspecified atom stereocenters. The zero-order chi connectivity index (χ0) is 25.1. The van der Waals surface area contributed by atoms with Crippen molar-refractivity contribution in [2.45, 2.75) is 0 Å². The highest BCUT2D eigenvalue weighted by molar-refractivity contribution is 9.10. The molecule has 0 N–H and O–H groups in total. The van der Waals surface area contributed by atoms with Gasteiger partial charge in [0, 0.05) is 20.6 Å². The van der Waals surface area contributed by atoms with Crippen molar-refractivity contribution in [1.29, 1.82) is 0 Å². The van der Waals surface area contributed by atoms with E-state index in [9.17, 15) is 9.59 Å². The molecular formula is C28H17BrClN3O3. The highest BCUT2D eigenvalue weighted by Crippen LogP contribution is 2.24. The van der Waals surface area contributed by atoms with Gasteiger partial charge in [-0.3, -0.25) is 4.79 Å². The fourth-order valence-electron chi connectivity index (χ4n) is 3.58. The molecule has 0 spiro atoms. The van der Waals surface area contributed by atoms with Gasteiger partial charge >= 0.3 is 5.97 Å². The van der Waals surface area contributed by atoms with Crippen molar-refractivity contribution in [3.63, 3.8) is 0 Å². The molecule has 176 valence electrons. The zero-order valence-electron chi connectivity index (χ0n) is 18.6. The molecule has 0 amide bonds. The first-order valence-corrected chi connectivity index (χ1v) is 12.1. The number of hydrogen-bond acceptors (Lipinski definition) is 5. The number of aromatic nitrogens is 2. The maximum Gasteiger partial charge on any atom is 0.343 e. The first-order chi connectivity index (χ1) is 17.5. The van der Waals surface area contributed by atoms with E-state index in [0.29, 0.717) is 32.9 Å². The molecule has 1 heterocycles. The minimum absolute atomic E-state index is 0.249. The average Bonchev–Trinajstić information content (AvgIpc) is 2.90. The van der Waals surface area contributed by atoms with Crippen molar-refractivity contribution in [3.05, 3.63) is 128 Å². The van der Waals surface area contributed by atoms with Crippen molar-refractivity contribution in [2.75, 3.05) is 0 Å². The van der Waals surface area contributed by atoms with Crippen LogP contribution >= 0.6 is 27.5 Å². The summed E-state index contributed by atoms with van der Waals surface area (Å²) in [5.41, 5.74) is 1.78. The summed E-state index contributed by atoms with van der Waals surface area (Å²) >= 11 is 9.57. The number of carbonyl (C=O) groups excluding carboxylic acids is 1. The van der Waals surface area contributed by atoms with Crippen LogP contribution in [0.15, 0.2) is 111 Å². The van der Waals surface area contributed by atoms with Crippen LogP contribution < -0.4 is 10.3 Å². The van der Waals surface area contributed by atoms with Crippen molar-refractivity contribution >= 4 is 50.6 Å². The number of esters is 1. The Morgan fingerprint density at radius 1 is 0.944 bits per heavy atom.